The summed E-state index contributed by atoms with van der Waals surface area (Å²) in [5, 5.41) is 0. The minimum absolute atomic E-state index is 0.0717. The first-order valence-corrected chi connectivity index (χ1v) is 6.34. The molecular formula is C13H26O3. The second-order valence-corrected chi connectivity index (χ2v) is 5.41. The molecule has 0 aromatic heterocycles. The van der Waals surface area contributed by atoms with Crippen LogP contribution < -0.4 is 0 Å². The van der Waals surface area contributed by atoms with Gasteiger partial charge < -0.3 is 14.2 Å². The van der Waals surface area contributed by atoms with Crippen LogP contribution in [0.15, 0.2) is 0 Å². The van der Waals surface area contributed by atoms with Gasteiger partial charge in [0.1, 0.15) is 12.2 Å². The lowest BCUT2D eigenvalue weighted by molar-refractivity contribution is -0.104. The molecule has 1 rings (SSSR count). The average molecular weight is 230 g/mol. The van der Waals surface area contributed by atoms with Gasteiger partial charge >= 0.3 is 0 Å². The third kappa shape index (κ3) is 3.72. The van der Waals surface area contributed by atoms with E-state index < -0.39 is 0 Å². The fraction of sp³-hybridized carbons (Fsp3) is 1.00. The Labute approximate surface area is 99.5 Å². The molecule has 0 amide bonds. The lowest BCUT2D eigenvalue weighted by Crippen LogP contribution is -2.40. The van der Waals surface area contributed by atoms with Crippen molar-refractivity contribution >= 4 is 0 Å². The van der Waals surface area contributed by atoms with Crippen molar-refractivity contribution < 1.29 is 14.2 Å². The van der Waals surface area contributed by atoms with E-state index in [1.54, 1.807) is 0 Å². The summed E-state index contributed by atoms with van der Waals surface area (Å²) < 4.78 is 17.6. The van der Waals surface area contributed by atoms with Gasteiger partial charge in [0.15, 0.2) is 0 Å². The minimum Gasteiger partial charge on any atom is -0.372 e. The molecule has 1 unspecified atom stereocenters. The van der Waals surface area contributed by atoms with Crippen LogP contribution >= 0.6 is 0 Å². The van der Waals surface area contributed by atoms with Gasteiger partial charge in [-0.05, 0) is 33.6 Å². The van der Waals surface area contributed by atoms with Crippen LogP contribution in [0.1, 0.15) is 41.5 Å². The van der Waals surface area contributed by atoms with Crippen molar-refractivity contribution in [1.29, 1.82) is 0 Å². The summed E-state index contributed by atoms with van der Waals surface area (Å²) in [5.41, 5.74) is 0. The Hall–Kier alpha value is -0.120. The summed E-state index contributed by atoms with van der Waals surface area (Å²) >= 11 is 0. The quantitative estimate of drug-likeness (QED) is 0.726. The van der Waals surface area contributed by atoms with Crippen molar-refractivity contribution in [1.82, 2.24) is 0 Å². The maximum absolute atomic E-state index is 5.95. The zero-order chi connectivity index (χ0) is 12.3. The predicted molar refractivity (Wildman–Crippen MR) is 64.6 cm³/mol. The summed E-state index contributed by atoms with van der Waals surface area (Å²) in [5.74, 6) is 0.463. The highest BCUT2D eigenvalue weighted by molar-refractivity contribution is 4.88. The molecule has 0 radical (unpaired) electrons. The minimum atomic E-state index is 0.0717. The van der Waals surface area contributed by atoms with Crippen LogP contribution in [0.25, 0.3) is 0 Å². The molecule has 3 heteroatoms. The van der Waals surface area contributed by atoms with Gasteiger partial charge in [-0.15, -0.1) is 0 Å². The van der Waals surface area contributed by atoms with E-state index in [0.717, 1.165) is 0 Å². The molecule has 3 atom stereocenters. The van der Waals surface area contributed by atoms with Crippen molar-refractivity contribution in [3.05, 3.63) is 0 Å². The summed E-state index contributed by atoms with van der Waals surface area (Å²) in [7, 11) is 0. The molecular weight excluding hydrogens is 204 g/mol. The van der Waals surface area contributed by atoms with Crippen LogP contribution in [-0.4, -0.2) is 37.1 Å². The van der Waals surface area contributed by atoms with Gasteiger partial charge in [0, 0.05) is 0 Å². The third-order valence-corrected chi connectivity index (χ3v) is 2.68. The van der Waals surface area contributed by atoms with Gasteiger partial charge in [-0.1, -0.05) is 13.8 Å². The normalized spacial score (nSPS) is 30.9. The summed E-state index contributed by atoms with van der Waals surface area (Å²) in [6.45, 7) is 13.2. The van der Waals surface area contributed by atoms with Crippen molar-refractivity contribution in [2.45, 2.75) is 72.1 Å². The molecule has 0 aliphatic carbocycles. The summed E-state index contributed by atoms with van der Waals surface area (Å²) in [6.07, 6.45) is 0.743. The van der Waals surface area contributed by atoms with E-state index in [1.807, 2.05) is 0 Å². The first-order valence-electron chi connectivity index (χ1n) is 6.34. The van der Waals surface area contributed by atoms with E-state index >= 15 is 0 Å². The lowest BCUT2D eigenvalue weighted by atomic mass is 10.0. The maximum Gasteiger partial charge on any atom is 0.113 e. The van der Waals surface area contributed by atoms with E-state index in [-0.39, 0.29) is 30.5 Å². The molecule has 1 fully saturated rings. The molecule has 3 nitrogen and oxygen atoms in total. The average Bonchev–Trinajstić information content (AvgIpc) is 2.47. The van der Waals surface area contributed by atoms with E-state index in [2.05, 4.69) is 41.5 Å². The first-order chi connectivity index (χ1) is 7.41. The second-order valence-electron chi connectivity index (χ2n) is 5.41. The molecule has 1 heterocycles. The third-order valence-electron chi connectivity index (χ3n) is 2.68. The van der Waals surface area contributed by atoms with E-state index in [4.69, 9.17) is 14.2 Å². The molecule has 0 aromatic rings. The molecule has 0 bridgehead atoms. The molecule has 16 heavy (non-hydrogen) atoms. The largest absolute Gasteiger partial charge is 0.372 e. The Bertz CT molecular complexity index is 201. The molecule has 0 saturated carbocycles. The van der Waals surface area contributed by atoms with Crippen LogP contribution in [0.3, 0.4) is 0 Å². The molecule has 96 valence electrons. The maximum atomic E-state index is 5.95. The smallest absolute Gasteiger partial charge is 0.113 e. The molecule has 0 aromatic carbocycles. The topological polar surface area (TPSA) is 27.7 Å². The van der Waals surface area contributed by atoms with Gasteiger partial charge in [-0.2, -0.15) is 0 Å². The molecule has 1 saturated heterocycles. The lowest BCUT2D eigenvalue weighted by Gasteiger charge is -2.28. The monoisotopic (exact) mass is 230 g/mol. The Morgan fingerprint density at radius 2 is 1.50 bits per heavy atom. The van der Waals surface area contributed by atoms with Crippen molar-refractivity contribution in [2.24, 2.45) is 5.92 Å². The number of ether oxygens (including phenoxy) is 3. The fourth-order valence-electron chi connectivity index (χ4n) is 2.12. The molecule has 1 aliphatic rings. The zero-order valence-corrected chi connectivity index (χ0v) is 11.4. The van der Waals surface area contributed by atoms with Gasteiger partial charge in [0.2, 0.25) is 0 Å². The second kappa shape index (κ2) is 5.99. The van der Waals surface area contributed by atoms with Gasteiger partial charge in [0.25, 0.3) is 0 Å². The Morgan fingerprint density at radius 3 is 1.94 bits per heavy atom. The molecule has 0 N–H and O–H groups in total. The van der Waals surface area contributed by atoms with Crippen LogP contribution in [0.4, 0.5) is 0 Å². The van der Waals surface area contributed by atoms with Crippen LogP contribution in [0.5, 0.6) is 0 Å². The molecule has 1 aliphatic heterocycles. The standard InChI is InChI=1S/C13H26O3/c1-8(2)12-13(16-10(5)6)11(7-14-12)15-9(3)4/h8-13H,7H2,1-6H3/t11?,12-,13-/m0/s1. The Morgan fingerprint density at radius 1 is 0.938 bits per heavy atom. The van der Waals surface area contributed by atoms with Crippen LogP contribution in [0, 0.1) is 5.92 Å². The van der Waals surface area contributed by atoms with Crippen molar-refractivity contribution in [3.8, 4) is 0 Å². The van der Waals surface area contributed by atoms with Crippen molar-refractivity contribution in [2.75, 3.05) is 6.61 Å². The predicted octanol–water partition coefficient (Wildman–Crippen LogP) is 2.63. The zero-order valence-electron chi connectivity index (χ0n) is 11.4. The van der Waals surface area contributed by atoms with Crippen LogP contribution in [-0.2, 0) is 14.2 Å². The van der Waals surface area contributed by atoms with Crippen LogP contribution in [0.2, 0.25) is 0 Å². The van der Waals surface area contributed by atoms with E-state index in [9.17, 15) is 0 Å². The van der Waals surface area contributed by atoms with Gasteiger partial charge in [0.05, 0.1) is 24.9 Å². The summed E-state index contributed by atoms with van der Waals surface area (Å²) in [6, 6.07) is 0. The van der Waals surface area contributed by atoms with E-state index in [1.165, 1.54) is 0 Å². The highest BCUT2D eigenvalue weighted by Crippen LogP contribution is 2.27. The van der Waals surface area contributed by atoms with Gasteiger partial charge in [-0.25, -0.2) is 0 Å². The first kappa shape index (κ1) is 13.9. The Kier molecular flexibility index (Phi) is 5.22. The van der Waals surface area contributed by atoms with Crippen molar-refractivity contribution in [3.63, 3.8) is 0 Å². The number of hydrogen-bond acceptors (Lipinski definition) is 3. The highest BCUT2D eigenvalue weighted by Gasteiger charge is 2.41. The SMILES string of the molecule is CC(C)OC1CO[C@@H](C(C)C)[C@H]1OC(C)C. The number of hydrogen-bond donors (Lipinski definition) is 0. The van der Waals surface area contributed by atoms with E-state index in [0.29, 0.717) is 12.5 Å². The molecule has 0 spiro atoms. The highest BCUT2D eigenvalue weighted by atomic mass is 16.6. The number of rotatable bonds is 5. The van der Waals surface area contributed by atoms with Gasteiger partial charge in [-0.3, -0.25) is 0 Å². The summed E-state index contributed by atoms with van der Waals surface area (Å²) in [4.78, 5) is 0. The Balaban J connectivity index is 2.63. The fourth-order valence-corrected chi connectivity index (χ4v) is 2.12.